The smallest absolute Gasteiger partial charge is 0.292 e. The van der Waals surface area contributed by atoms with Gasteiger partial charge in [-0.1, -0.05) is 0 Å². The van der Waals surface area contributed by atoms with Crippen molar-refractivity contribution in [2.24, 2.45) is 0 Å². The number of pyridine rings is 1. The Morgan fingerprint density at radius 2 is 2.25 bits per heavy atom. The van der Waals surface area contributed by atoms with Crippen LogP contribution in [0.1, 0.15) is 10.6 Å². The van der Waals surface area contributed by atoms with Gasteiger partial charge >= 0.3 is 0 Å². The highest BCUT2D eigenvalue weighted by Gasteiger charge is 2.12. The van der Waals surface area contributed by atoms with Crippen LogP contribution in [0.25, 0.3) is 0 Å². The molecule has 0 unspecified atom stereocenters. The molecular weight excluding hydrogens is 295 g/mol. The van der Waals surface area contributed by atoms with Crippen LogP contribution in [0.3, 0.4) is 0 Å². The number of rotatable bonds is 2. The average Bonchev–Trinajstić information content (AvgIpc) is 2.68. The van der Waals surface area contributed by atoms with Crippen LogP contribution in [0.4, 0.5) is 5.82 Å². The van der Waals surface area contributed by atoms with Crippen LogP contribution in [0, 0.1) is 0 Å². The van der Waals surface area contributed by atoms with Crippen molar-refractivity contribution >= 4 is 39.3 Å². The van der Waals surface area contributed by atoms with E-state index >= 15 is 0 Å². The topological polar surface area (TPSA) is 55.1 Å². The van der Waals surface area contributed by atoms with E-state index in [1.807, 2.05) is 0 Å². The van der Waals surface area contributed by atoms with Gasteiger partial charge in [0, 0.05) is 6.20 Å². The summed E-state index contributed by atoms with van der Waals surface area (Å²) in [6.07, 6.45) is 1.58. The summed E-state index contributed by atoms with van der Waals surface area (Å²) in [7, 11) is 0. The lowest BCUT2D eigenvalue weighted by atomic mass is 10.4. The van der Waals surface area contributed by atoms with E-state index in [1.54, 1.807) is 18.3 Å². The van der Waals surface area contributed by atoms with E-state index in [9.17, 15) is 4.79 Å². The number of amides is 1. The van der Waals surface area contributed by atoms with Crippen LogP contribution >= 0.6 is 27.5 Å². The predicted octanol–water partition coefficient (Wildman–Crippen LogP) is 3.34. The third-order valence-electron chi connectivity index (χ3n) is 1.79. The first kappa shape index (κ1) is 11.2. The Morgan fingerprint density at radius 1 is 1.44 bits per heavy atom. The first-order valence-corrected chi connectivity index (χ1v) is 5.51. The molecule has 0 spiro atoms. The summed E-state index contributed by atoms with van der Waals surface area (Å²) >= 11 is 8.84. The zero-order valence-electron chi connectivity index (χ0n) is 7.91. The maximum atomic E-state index is 11.7. The standard InChI is InChI=1S/C10H6BrClN2O2/c11-6-2-1-5-13-9(6)14-10(15)7-3-4-8(12)16-7/h1-5H,(H,13,14,15). The predicted molar refractivity (Wildman–Crippen MR) is 63.6 cm³/mol. The molecule has 82 valence electrons. The van der Waals surface area contributed by atoms with Crippen molar-refractivity contribution in [2.75, 3.05) is 5.32 Å². The maximum absolute atomic E-state index is 11.7. The van der Waals surface area contributed by atoms with Gasteiger partial charge in [0.25, 0.3) is 5.91 Å². The van der Waals surface area contributed by atoms with Crippen LogP contribution in [0.15, 0.2) is 39.4 Å². The number of nitrogens with zero attached hydrogens (tertiary/aromatic N) is 1. The molecule has 2 aromatic heterocycles. The molecule has 16 heavy (non-hydrogen) atoms. The number of halogens is 2. The number of carbonyl (C=O) groups is 1. The van der Waals surface area contributed by atoms with E-state index in [0.717, 1.165) is 0 Å². The second kappa shape index (κ2) is 4.67. The summed E-state index contributed by atoms with van der Waals surface area (Å²) in [4.78, 5) is 15.7. The van der Waals surface area contributed by atoms with Crippen molar-refractivity contribution in [1.29, 1.82) is 0 Å². The van der Waals surface area contributed by atoms with Crippen molar-refractivity contribution in [3.8, 4) is 0 Å². The molecular formula is C10H6BrClN2O2. The van der Waals surface area contributed by atoms with E-state index in [2.05, 4.69) is 26.2 Å². The molecule has 6 heteroatoms. The molecule has 0 fully saturated rings. The third-order valence-corrected chi connectivity index (χ3v) is 2.63. The first-order chi connectivity index (χ1) is 7.66. The second-order valence-corrected chi connectivity index (χ2v) is 4.12. The number of nitrogens with one attached hydrogen (secondary N) is 1. The van der Waals surface area contributed by atoms with Gasteiger partial charge in [0.2, 0.25) is 0 Å². The minimum atomic E-state index is -0.397. The fourth-order valence-electron chi connectivity index (χ4n) is 1.08. The average molecular weight is 302 g/mol. The number of furan rings is 1. The molecule has 0 aliphatic rings. The lowest BCUT2D eigenvalue weighted by molar-refractivity contribution is 0.0996. The number of hydrogen-bond donors (Lipinski definition) is 1. The highest BCUT2D eigenvalue weighted by atomic mass is 79.9. The van der Waals surface area contributed by atoms with E-state index in [0.29, 0.717) is 10.3 Å². The summed E-state index contributed by atoms with van der Waals surface area (Å²) in [5, 5.41) is 2.76. The molecule has 2 heterocycles. The quantitative estimate of drug-likeness (QED) is 0.925. The summed E-state index contributed by atoms with van der Waals surface area (Å²) in [5.41, 5.74) is 0. The van der Waals surface area contributed by atoms with Crippen LogP contribution in [-0.2, 0) is 0 Å². The number of aromatic nitrogens is 1. The Hall–Kier alpha value is -1.33. The highest BCUT2D eigenvalue weighted by molar-refractivity contribution is 9.10. The van der Waals surface area contributed by atoms with Crippen LogP contribution < -0.4 is 5.32 Å². The number of anilines is 1. The Bertz CT molecular complexity index is 527. The minimum absolute atomic E-state index is 0.141. The zero-order valence-corrected chi connectivity index (χ0v) is 10.2. The number of carbonyl (C=O) groups excluding carboxylic acids is 1. The van der Waals surface area contributed by atoms with Crippen molar-refractivity contribution in [3.05, 3.63) is 45.9 Å². The van der Waals surface area contributed by atoms with Gasteiger partial charge in [-0.05, 0) is 51.8 Å². The Morgan fingerprint density at radius 3 is 2.88 bits per heavy atom. The third kappa shape index (κ3) is 2.43. The summed E-state index contributed by atoms with van der Waals surface area (Å²) in [6, 6.07) is 6.53. The molecule has 1 amide bonds. The van der Waals surface area contributed by atoms with Crippen LogP contribution in [-0.4, -0.2) is 10.9 Å². The van der Waals surface area contributed by atoms with Crippen molar-refractivity contribution in [2.45, 2.75) is 0 Å². The van der Waals surface area contributed by atoms with Gasteiger partial charge in [0.05, 0.1) is 4.47 Å². The van der Waals surface area contributed by atoms with Gasteiger partial charge in [-0.3, -0.25) is 4.79 Å². The summed E-state index contributed by atoms with van der Waals surface area (Å²) in [5.74, 6) is 0.175. The van der Waals surface area contributed by atoms with Gasteiger partial charge in [-0.15, -0.1) is 0 Å². The molecule has 0 aliphatic carbocycles. The van der Waals surface area contributed by atoms with Gasteiger partial charge in [-0.2, -0.15) is 0 Å². The largest absolute Gasteiger partial charge is 0.440 e. The zero-order chi connectivity index (χ0) is 11.5. The second-order valence-electron chi connectivity index (χ2n) is 2.89. The molecule has 0 saturated carbocycles. The molecule has 0 aromatic carbocycles. The molecule has 0 radical (unpaired) electrons. The molecule has 0 aliphatic heterocycles. The van der Waals surface area contributed by atoms with E-state index in [4.69, 9.17) is 16.0 Å². The summed E-state index contributed by atoms with van der Waals surface area (Å²) in [6.45, 7) is 0. The van der Waals surface area contributed by atoms with E-state index in [1.165, 1.54) is 12.1 Å². The molecule has 2 rings (SSSR count). The van der Waals surface area contributed by atoms with Crippen molar-refractivity contribution in [1.82, 2.24) is 4.98 Å². The van der Waals surface area contributed by atoms with Gasteiger partial charge in [0.15, 0.2) is 11.0 Å². The minimum Gasteiger partial charge on any atom is -0.440 e. The lowest BCUT2D eigenvalue weighted by Gasteiger charge is -2.03. The Kier molecular flexibility index (Phi) is 3.26. The van der Waals surface area contributed by atoms with Gasteiger partial charge < -0.3 is 9.73 Å². The molecule has 2 aromatic rings. The molecule has 0 saturated heterocycles. The van der Waals surface area contributed by atoms with E-state index in [-0.39, 0.29) is 11.0 Å². The van der Waals surface area contributed by atoms with Gasteiger partial charge in [0.1, 0.15) is 5.82 Å². The Balaban J connectivity index is 2.17. The highest BCUT2D eigenvalue weighted by Crippen LogP contribution is 2.20. The fraction of sp³-hybridized carbons (Fsp3) is 0. The number of hydrogen-bond acceptors (Lipinski definition) is 3. The SMILES string of the molecule is O=C(Nc1ncccc1Br)c1ccc(Cl)o1. The van der Waals surface area contributed by atoms with Crippen molar-refractivity contribution < 1.29 is 9.21 Å². The van der Waals surface area contributed by atoms with Gasteiger partial charge in [-0.25, -0.2) is 4.98 Å². The lowest BCUT2D eigenvalue weighted by Crippen LogP contribution is -2.12. The van der Waals surface area contributed by atoms with E-state index < -0.39 is 5.91 Å². The monoisotopic (exact) mass is 300 g/mol. The van der Waals surface area contributed by atoms with Crippen LogP contribution in [0.2, 0.25) is 5.22 Å². The molecule has 0 atom stereocenters. The maximum Gasteiger partial charge on any atom is 0.292 e. The molecule has 4 nitrogen and oxygen atoms in total. The normalized spacial score (nSPS) is 10.1. The summed E-state index contributed by atoms with van der Waals surface area (Å²) < 4.78 is 5.66. The fourth-order valence-corrected chi connectivity index (χ4v) is 1.58. The first-order valence-electron chi connectivity index (χ1n) is 4.34. The molecule has 0 bridgehead atoms. The van der Waals surface area contributed by atoms with Crippen molar-refractivity contribution in [3.63, 3.8) is 0 Å². The van der Waals surface area contributed by atoms with Crippen LogP contribution in [0.5, 0.6) is 0 Å². The Labute approximate surface area is 105 Å². The molecule has 1 N–H and O–H groups in total.